The molecule has 9 nitrogen and oxygen atoms in total. The minimum Gasteiger partial charge on any atom is -0.481 e. The fourth-order valence-electron chi connectivity index (χ4n) is 4.10. The molecule has 2 amide bonds. The van der Waals surface area contributed by atoms with Gasteiger partial charge in [-0.15, -0.1) is 0 Å². The lowest BCUT2D eigenvalue weighted by Gasteiger charge is -2.19. The monoisotopic (exact) mass is 494 g/mol. The molecule has 0 spiro atoms. The van der Waals surface area contributed by atoms with Gasteiger partial charge >= 0.3 is 12.1 Å². The number of nitrogens with zero attached hydrogens (tertiary/aromatic N) is 2. The van der Waals surface area contributed by atoms with Crippen molar-refractivity contribution < 1.29 is 24.2 Å². The van der Waals surface area contributed by atoms with Gasteiger partial charge in [0.1, 0.15) is 17.8 Å². The van der Waals surface area contributed by atoms with Crippen molar-refractivity contribution in [3.8, 4) is 11.1 Å². The number of aryl methyl sites for hydroxylation is 1. The minimum atomic E-state index is -1.18. The molecular weight excluding hydrogens is 472 g/mol. The van der Waals surface area contributed by atoms with Crippen LogP contribution in [0, 0.1) is 6.92 Å². The Hall–Kier alpha value is -3.98. The first-order valence-electron chi connectivity index (χ1n) is 11.0. The smallest absolute Gasteiger partial charge is 0.407 e. The second kappa shape index (κ2) is 10.5. The van der Waals surface area contributed by atoms with E-state index >= 15 is 0 Å². The molecule has 0 saturated carbocycles. The number of rotatable bonds is 8. The average molecular weight is 495 g/mol. The second-order valence-corrected chi connectivity index (χ2v) is 8.49. The number of aliphatic carboxylic acids is 1. The molecule has 1 aliphatic carbocycles. The first-order valence-corrected chi connectivity index (χ1v) is 11.3. The van der Waals surface area contributed by atoms with Crippen molar-refractivity contribution in [1.82, 2.24) is 15.3 Å². The first kappa shape index (κ1) is 24.2. The maximum atomic E-state index is 12.8. The van der Waals surface area contributed by atoms with Gasteiger partial charge in [0.15, 0.2) is 0 Å². The van der Waals surface area contributed by atoms with E-state index in [0.29, 0.717) is 5.69 Å². The molecular formula is C25H23ClN4O5. The van der Waals surface area contributed by atoms with E-state index in [4.69, 9.17) is 21.4 Å². The van der Waals surface area contributed by atoms with E-state index in [-0.39, 0.29) is 36.5 Å². The summed E-state index contributed by atoms with van der Waals surface area (Å²) in [5, 5.41) is 14.1. The Morgan fingerprint density at radius 3 is 2.29 bits per heavy atom. The molecule has 0 aliphatic heterocycles. The van der Waals surface area contributed by atoms with E-state index in [1.54, 1.807) is 6.92 Å². The number of amides is 2. The Balaban J connectivity index is 1.43. The molecule has 1 unspecified atom stereocenters. The van der Waals surface area contributed by atoms with E-state index in [0.717, 1.165) is 22.3 Å². The molecule has 2 aromatic carbocycles. The van der Waals surface area contributed by atoms with Gasteiger partial charge in [-0.1, -0.05) is 60.1 Å². The summed E-state index contributed by atoms with van der Waals surface area (Å²) >= 11 is 5.91. The predicted molar refractivity (Wildman–Crippen MR) is 129 cm³/mol. The number of hydrogen-bond acceptors (Lipinski definition) is 6. The SMILES string of the molecule is Cc1cc(Cl)nc(NC(=O)C(CCC(=O)O)NC(=O)OCC2c3ccccc3-c3ccccc32)n1. The standard InChI is InChI=1S/C25H23ClN4O5/c1-14-12-21(26)29-24(27-14)30-23(33)20(10-11-22(31)32)28-25(34)35-13-19-17-8-4-2-6-15(17)16-7-3-5-9-18(16)19/h2-9,12,19-20H,10-11,13H2,1H3,(H,28,34)(H,31,32)(H,27,29,30,33). The number of anilines is 1. The van der Waals surface area contributed by atoms with E-state index < -0.39 is 24.0 Å². The Kier molecular flexibility index (Phi) is 7.26. The molecule has 1 aliphatic rings. The van der Waals surface area contributed by atoms with Crippen LogP contribution >= 0.6 is 11.6 Å². The van der Waals surface area contributed by atoms with Crippen LogP contribution in [0.4, 0.5) is 10.7 Å². The highest BCUT2D eigenvalue weighted by atomic mass is 35.5. The first-order chi connectivity index (χ1) is 16.8. The molecule has 1 atom stereocenters. The number of hydrogen-bond donors (Lipinski definition) is 3. The normalized spacial score (nSPS) is 12.9. The van der Waals surface area contributed by atoms with E-state index in [1.165, 1.54) is 6.07 Å². The van der Waals surface area contributed by atoms with Crippen molar-refractivity contribution in [2.24, 2.45) is 0 Å². The highest BCUT2D eigenvalue weighted by molar-refractivity contribution is 6.29. The van der Waals surface area contributed by atoms with Crippen LogP contribution < -0.4 is 10.6 Å². The summed E-state index contributed by atoms with van der Waals surface area (Å²) < 4.78 is 5.49. The number of carbonyl (C=O) groups is 3. The zero-order valence-corrected chi connectivity index (χ0v) is 19.6. The molecule has 0 radical (unpaired) electrons. The lowest BCUT2D eigenvalue weighted by Crippen LogP contribution is -2.44. The van der Waals surface area contributed by atoms with Crippen molar-refractivity contribution in [3.63, 3.8) is 0 Å². The maximum Gasteiger partial charge on any atom is 0.407 e. The molecule has 1 aromatic heterocycles. The zero-order chi connectivity index (χ0) is 24.9. The number of carbonyl (C=O) groups excluding carboxylic acids is 2. The van der Waals surface area contributed by atoms with E-state index in [9.17, 15) is 14.4 Å². The van der Waals surface area contributed by atoms with Crippen LogP contribution in [0.2, 0.25) is 5.15 Å². The van der Waals surface area contributed by atoms with Crippen molar-refractivity contribution >= 4 is 35.5 Å². The van der Waals surface area contributed by atoms with Gasteiger partial charge in [-0.2, -0.15) is 0 Å². The fourth-order valence-corrected chi connectivity index (χ4v) is 4.34. The van der Waals surface area contributed by atoms with Crippen molar-refractivity contribution in [3.05, 3.63) is 76.6 Å². The van der Waals surface area contributed by atoms with Crippen molar-refractivity contribution in [1.29, 1.82) is 0 Å². The number of fused-ring (bicyclic) bond motifs is 3. The number of benzene rings is 2. The number of aromatic nitrogens is 2. The van der Waals surface area contributed by atoms with Gasteiger partial charge in [-0.25, -0.2) is 14.8 Å². The zero-order valence-electron chi connectivity index (χ0n) is 18.8. The summed E-state index contributed by atoms with van der Waals surface area (Å²) in [6, 6.07) is 16.2. The molecule has 1 heterocycles. The summed E-state index contributed by atoms with van der Waals surface area (Å²) in [6.07, 6.45) is -1.32. The van der Waals surface area contributed by atoms with Gasteiger partial charge in [-0.05, 0) is 41.7 Å². The molecule has 4 rings (SSSR count). The molecule has 35 heavy (non-hydrogen) atoms. The van der Waals surface area contributed by atoms with Gasteiger partial charge in [-0.3, -0.25) is 14.9 Å². The minimum absolute atomic E-state index is 0.0466. The quantitative estimate of drug-likeness (QED) is 0.401. The van der Waals surface area contributed by atoms with Crippen LogP contribution in [-0.4, -0.2) is 45.7 Å². The number of carboxylic acid groups (broad SMARTS) is 1. The third-order valence-electron chi connectivity index (χ3n) is 5.66. The van der Waals surface area contributed by atoms with E-state index in [1.807, 2.05) is 48.5 Å². The second-order valence-electron chi connectivity index (χ2n) is 8.10. The van der Waals surface area contributed by atoms with Crippen LogP contribution in [0.1, 0.15) is 35.6 Å². The van der Waals surface area contributed by atoms with Gasteiger partial charge in [0.05, 0.1) is 0 Å². The molecule has 0 bridgehead atoms. The summed E-state index contributed by atoms with van der Waals surface area (Å²) in [5.74, 6) is -1.98. The third kappa shape index (κ3) is 5.75. The van der Waals surface area contributed by atoms with Gasteiger partial charge in [0.2, 0.25) is 11.9 Å². The highest BCUT2D eigenvalue weighted by Crippen LogP contribution is 2.44. The van der Waals surface area contributed by atoms with Crippen molar-refractivity contribution in [2.45, 2.75) is 31.7 Å². The summed E-state index contributed by atoms with van der Waals surface area (Å²) in [5.41, 5.74) is 4.82. The Morgan fingerprint density at radius 1 is 1.06 bits per heavy atom. The molecule has 10 heteroatoms. The van der Waals surface area contributed by atoms with Crippen LogP contribution in [0.25, 0.3) is 11.1 Å². The van der Waals surface area contributed by atoms with Crippen molar-refractivity contribution in [2.75, 3.05) is 11.9 Å². The molecule has 0 saturated heterocycles. The van der Waals surface area contributed by atoms with Gasteiger partial charge < -0.3 is 15.2 Å². The number of ether oxygens (including phenoxy) is 1. The maximum absolute atomic E-state index is 12.8. The summed E-state index contributed by atoms with van der Waals surface area (Å²) in [7, 11) is 0. The number of nitrogens with one attached hydrogen (secondary N) is 2. The van der Waals surface area contributed by atoms with E-state index in [2.05, 4.69) is 20.6 Å². The van der Waals surface area contributed by atoms with Gasteiger partial charge in [0, 0.05) is 18.0 Å². The molecule has 0 fully saturated rings. The third-order valence-corrected chi connectivity index (χ3v) is 5.85. The Morgan fingerprint density at radius 2 is 1.69 bits per heavy atom. The van der Waals surface area contributed by atoms with Gasteiger partial charge in [0.25, 0.3) is 0 Å². The summed E-state index contributed by atoms with van der Waals surface area (Å²) in [4.78, 5) is 44.5. The van der Waals surface area contributed by atoms with Crippen LogP contribution in [0.3, 0.4) is 0 Å². The fraction of sp³-hybridized carbons (Fsp3) is 0.240. The summed E-state index contributed by atoms with van der Waals surface area (Å²) in [6.45, 7) is 1.74. The van der Waals surface area contributed by atoms with Crippen LogP contribution in [0.5, 0.6) is 0 Å². The molecule has 3 aromatic rings. The number of carboxylic acids is 1. The Labute approximate surface area is 206 Å². The number of halogens is 1. The lowest BCUT2D eigenvalue weighted by atomic mass is 9.98. The molecule has 180 valence electrons. The highest BCUT2D eigenvalue weighted by Gasteiger charge is 2.30. The largest absolute Gasteiger partial charge is 0.481 e. The molecule has 3 N–H and O–H groups in total. The Bertz CT molecular complexity index is 1220. The predicted octanol–water partition coefficient (Wildman–Crippen LogP) is 4.15. The lowest BCUT2D eigenvalue weighted by molar-refractivity contribution is -0.137. The van der Waals surface area contributed by atoms with Crippen LogP contribution in [0.15, 0.2) is 54.6 Å². The number of alkyl carbamates (subject to hydrolysis) is 1. The topological polar surface area (TPSA) is 131 Å². The average Bonchev–Trinajstić information content (AvgIpc) is 3.13. The van der Waals surface area contributed by atoms with Crippen LogP contribution in [-0.2, 0) is 14.3 Å².